The normalized spacial score (nSPS) is 10.2. The lowest BCUT2D eigenvalue weighted by atomic mass is 10.2. The molecule has 1 amide bonds. The minimum atomic E-state index is -1.14. The summed E-state index contributed by atoms with van der Waals surface area (Å²) in [5.74, 6) is -0.772. The Balaban J connectivity index is 2.76. The number of nitrogens with one attached hydrogen (secondary N) is 1. The molecule has 0 unspecified atom stereocenters. The number of carbonyl (C=O) groups excluding carboxylic acids is 1. The van der Waals surface area contributed by atoms with Crippen molar-refractivity contribution in [3.63, 3.8) is 0 Å². The van der Waals surface area contributed by atoms with Crippen LogP contribution in [0.15, 0.2) is 18.2 Å². The molecule has 2 N–H and O–H groups in total. The van der Waals surface area contributed by atoms with Crippen LogP contribution in [0.5, 0.6) is 11.5 Å². The van der Waals surface area contributed by atoms with Gasteiger partial charge in [-0.15, -0.1) is 0 Å². The Labute approximate surface area is 117 Å². The van der Waals surface area contributed by atoms with Crippen LogP contribution in [0.25, 0.3) is 0 Å². The molecular formula is C14H19NO5. The summed E-state index contributed by atoms with van der Waals surface area (Å²) < 4.78 is 10.3. The highest BCUT2D eigenvalue weighted by Crippen LogP contribution is 2.30. The summed E-state index contributed by atoms with van der Waals surface area (Å²) >= 11 is 0. The Morgan fingerprint density at radius 3 is 2.60 bits per heavy atom. The average Bonchev–Trinajstić information content (AvgIpc) is 2.42. The van der Waals surface area contributed by atoms with E-state index in [1.165, 1.54) is 13.2 Å². The first-order chi connectivity index (χ1) is 9.45. The number of aromatic carboxylic acids is 1. The van der Waals surface area contributed by atoms with E-state index in [-0.39, 0.29) is 29.6 Å². The first kappa shape index (κ1) is 15.8. The summed E-state index contributed by atoms with van der Waals surface area (Å²) in [6, 6.07) is 4.52. The second-order valence-corrected chi connectivity index (χ2v) is 4.63. The minimum Gasteiger partial charge on any atom is -0.493 e. The maximum atomic E-state index is 11.6. The van der Waals surface area contributed by atoms with Crippen LogP contribution in [-0.2, 0) is 4.79 Å². The van der Waals surface area contributed by atoms with Crippen molar-refractivity contribution >= 4 is 11.9 Å². The molecule has 0 heterocycles. The zero-order valence-corrected chi connectivity index (χ0v) is 11.8. The predicted molar refractivity (Wildman–Crippen MR) is 73.3 cm³/mol. The fourth-order valence-electron chi connectivity index (χ4n) is 1.50. The zero-order valence-electron chi connectivity index (χ0n) is 11.8. The van der Waals surface area contributed by atoms with Crippen LogP contribution >= 0.6 is 0 Å². The van der Waals surface area contributed by atoms with Crippen molar-refractivity contribution in [2.24, 2.45) is 5.92 Å². The second-order valence-electron chi connectivity index (χ2n) is 4.63. The van der Waals surface area contributed by atoms with Crippen LogP contribution in [0.4, 0.5) is 0 Å². The van der Waals surface area contributed by atoms with Crippen LogP contribution in [-0.4, -0.2) is 37.2 Å². The Morgan fingerprint density at radius 1 is 1.35 bits per heavy atom. The molecule has 6 heteroatoms. The maximum Gasteiger partial charge on any atom is 0.339 e. The third kappa shape index (κ3) is 4.46. The molecule has 110 valence electrons. The van der Waals surface area contributed by atoms with Gasteiger partial charge in [-0.3, -0.25) is 4.79 Å². The smallest absolute Gasteiger partial charge is 0.339 e. The molecule has 6 nitrogen and oxygen atoms in total. The van der Waals surface area contributed by atoms with E-state index in [1.807, 2.05) is 13.8 Å². The van der Waals surface area contributed by atoms with Crippen molar-refractivity contribution in [2.75, 3.05) is 20.3 Å². The summed E-state index contributed by atoms with van der Waals surface area (Å²) in [6.07, 6.45) is 0. The molecule has 0 bridgehead atoms. The molecule has 0 aliphatic rings. The van der Waals surface area contributed by atoms with Gasteiger partial charge < -0.3 is 19.9 Å². The Hall–Kier alpha value is -2.24. The largest absolute Gasteiger partial charge is 0.493 e. The first-order valence-corrected chi connectivity index (χ1v) is 6.25. The highest BCUT2D eigenvalue weighted by atomic mass is 16.5. The van der Waals surface area contributed by atoms with E-state index in [9.17, 15) is 9.59 Å². The van der Waals surface area contributed by atoms with Gasteiger partial charge in [-0.1, -0.05) is 19.9 Å². The summed E-state index contributed by atoms with van der Waals surface area (Å²) in [5.41, 5.74) is -0.0407. The molecule has 0 aliphatic heterocycles. The highest BCUT2D eigenvalue weighted by molar-refractivity contribution is 5.92. The van der Waals surface area contributed by atoms with E-state index >= 15 is 0 Å². The molecule has 1 aromatic rings. The number of ether oxygens (including phenoxy) is 2. The van der Waals surface area contributed by atoms with Crippen LogP contribution < -0.4 is 14.8 Å². The monoisotopic (exact) mass is 281 g/mol. The number of carbonyl (C=O) groups is 2. The third-order valence-electron chi connectivity index (χ3n) is 2.48. The van der Waals surface area contributed by atoms with Crippen molar-refractivity contribution in [3.05, 3.63) is 23.8 Å². The van der Waals surface area contributed by atoms with E-state index in [0.717, 1.165) is 0 Å². The van der Waals surface area contributed by atoms with Crippen molar-refractivity contribution in [2.45, 2.75) is 13.8 Å². The Kier molecular flexibility index (Phi) is 5.83. The molecule has 0 saturated carbocycles. The third-order valence-corrected chi connectivity index (χ3v) is 2.48. The van der Waals surface area contributed by atoms with Gasteiger partial charge in [-0.05, 0) is 18.1 Å². The Morgan fingerprint density at radius 2 is 2.05 bits per heavy atom. The molecule has 0 saturated heterocycles. The van der Waals surface area contributed by atoms with E-state index in [4.69, 9.17) is 14.6 Å². The number of hydrogen-bond donors (Lipinski definition) is 2. The number of amides is 1. The molecule has 0 aliphatic carbocycles. The highest BCUT2D eigenvalue weighted by Gasteiger charge is 2.17. The fraction of sp³-hybridized carbons (Fsp3) is 0.429. The molecule has 0 atom stereocenters. The second kappa shape index (κ2) is 7.37. The van der Waals surface area contributed by atoms with Crippen molar-refractivity contribution in [1.82, 2.24) is 5.32 Å². The predicted octanol–water partition coefficient (Wildman–Crippen LogP) is 1.54. The van der Waals surface area contributed by atoms with Gasteiger partial charge in [0.1, 0.15) is 5.56 Å². The van der Waals surface area contributed by atoms with Gasteiger partial charge >= 0.3 is 5.97 Å². The number of rotatable bonds is 7. The van der Waals surface area contributed by atoms with E-state index in [1.54, 1.807) is 12.1 Å². The molecule has 20 heavy (non-hydrogen) atoms. The standard InChI is InChI=1S/C14H19NO5/c1-9(2)7-15-12(16)8-20-13-10(14(17)18)5-4-6-11(13)19-3/h4-6,9H,7-8H2,1-3H3,(H,15,16)(H,17,18). The number of carboxylic acids is 1. The summed E-state index contributed by atoms with van der Waals surface area (Å²) in [5, 5.41) is 11.8. The van der Waals surface area contributed by atoms with Gasteiger partial charge in [0, 0.05) is 6.54 Å². The number of methoxy groups -OCH3 is 1. The number of hydrogen-bond acceptors (Lipinski definition) is 4. The first-order valence-electron chi connectivity index (χ1n) is 6.25. The van der Waals surface area contributed by atoms with Gasteiger partial charge in [0.05, 0.1) is 7.11 Å². The van der Waals surface area contributed by atoms with Crippen molar-refractivity contribution < 1.29 is 24.2 Å². The molecule has 0 spiro atoms. The lowest BCUT2D eigenvalue weighted by molar-refractivity contribution is -0.123. The van der Waals surface area contributed by atoms with Gasteiger partial charge in [-0.25, -0.2) is 4.79 Å². The van der Waals surface area contributed by atoms with Crippen molar-refractivity contribution in [3.8, 4) is 11.5 Å². The van der Waals surface area contributed by atoms with E-state index in [0.29, 0.717) is 12.5 Å². The number of carboxylic acid groups (broad SMARTS) is 1. The minimum absolute atomic E-state index is 0.0407. The zero-order chi connectivity index (χ0) is 15.1. The lowest BCUT2D eigenvalue weighted by Gasteiger charge is -2.13. The molecular weight excluding hydrogens is 262 g/mol. The fourth-order valence-corrected chi connectivity index (χ4v) is 1.50. The van der Waals surface area contributed by atoms with Gasteiger partial charge in [-0.2, -0.15) is 0 Å². The lowest BCUT2D eigenvalue weighted by Crippen LogP contribution is -2.32. The summed E-state index contributed by atoms with van der Waals surface area (Å²) in [4.78, 5) is 22.7. The van der Waals surface area contributed by atoms with Gasteiger partial charge in [0.15, 0.2) is 18.1 Å². The molecule has 0 aromatic heterocycles. The Bertz CT molecular complexity index is 484. The molecule has 0 radical (unpaired) electrons. The number of benzene rings is 1. The quantitative estimate of drug-likeness (QED) is 0.792. The maximum absolute atomic E-state index is 11.6. The van der Waals surface area contributed by atoms with Crippen LogP contribution in [0.3, 0.4) is 0 Å². The van der Waals surface area contributed by atoms with Crippen LogP contribution in [0.1, 0.15) is 24.2 Å². The molecule has 1 aromatic carbocycles. The van der Waals surface area contributed by atoms with E-state index in [2.05, 4.69) is 5.32 Å². The van der Waals surface area contributed by atoms with Gasteiger partial charge in [0.25, 0.3) is 5.91 Å². The topological polar surface area (TPSA) is 84.9 Å². The van der Waals surface area contributed by atoms with Crippen LogP contribution in [0.2, 0.25) is 0 Å². The SMILES string of the molecule is COc1cccc(C(=O)O)c1OCC(=O)NCC(C)C. The van der Waals surface area contributed by atoms with E-state index < -0.39 is 5.97 Å². The van der Waals surface area contributed by atoms with Crippen LogP contribution in [0, 0.1) is 5.92 Å². The van der Waals surface area contributed by atoms with Gasteiger partial charge in [0.2, 0.25) is 0 Å². The molecule has 0 fully saturated rings. The molecule has 1 rings (SSSR count). The van der Waals surface area contributed by atoms with Crippen molar-refractivity contribution in [1.29, 1.82) is 0 Å². The summed E-state index contributed by atoms with van der Waals surface area (Å²) in [6.45, 7) is 4.24. The summed E-state index contributed by atoms with van der Waals surface area (Å²) in [7, 11) is 1.41. The average molecular weight is 281 g/mol. The number of para-hydroxylation sites is 1.